The molecule has 0 radical (unpaired) electrons. The zero-order valence-corrected chi connectivity index (χ0v) is 12.3. The van der Waals surface area contributed by atoms with E-state index in [0.717, 1.165) is 5.56 Å². The van der Waals surface area contributed by atoms with Crippen LogP contribution in [0.5, 0.6) is 0 Å². The van der Waals surface area contributed by atoms with Crippen molar-refractivity contribution in [3.63, 3.8) is 0 Å². The van der Waals surface area contributed by atoms with Gasteiger partial charge in [-0.3, -0.25) is 14.3 Å². The van der Waals surface area contributed by atoms with Crippen molar-refractivity contribution >= 4 is 11.9 Å². The number of rotatable bonds is 7. The van der Waals surface area contributed by atoms with Crippen molar-refractivity contribution in [1.29, 1.82) is 0 Å². The van der Waals surface area contributed by atoms with E-state index in [2.05, 4.69) is 15.7 Å². The molecule has 112 valence electrons. The topological polar surface area (TPSA) is 85.2 Å². The molecular weight excluding hydrogens is 260 g/mol. The van der Waals surface area contributed by atoms with Crippen LogP contribution in [0.3, 0.4) is 0 Å². The minimum atomic E-state index is -0.488. The van der Waals surface area contributed by atoms with Gasteiger partial charge in [-0.1, -0.05) is 6.92 Å². The van der Waals surface area contributed by atoms with Gasteiger partial charge in [0.1, 0.15) is 6.04 Å². The number of carbonyl (C=O) groups excluding carboxylic acids is 2. The fraction of sp³-hybridized carbons (Fsp3) is 0.615. The van der Waals surface area contributed by atoms with Gasteiger partial charge in [0, 0.05) is 25.4 Å². The van der Waals surface area contributed by atoms with Crippen LogP contribution in [-0.4, -0.2) is 41.9 Å². The lowest BCUT2D eigenvalue weighted by molar-refractivity contribution is -0.147. The average Bonchev–Trinajstić information content (AvgIpc) is 2.83. The van der Waals surface area contributed by atoms with E-state index >= 15 is 0 Å². The van der Waals surface area contributed by atoms with E-state index in [-0.39, 0.29) is 24.3 Å². The molecule has 1 heterocycles. The summed E-state index contributed by atoms with van der Waals surface area (Å²) in [7, 11) is 3.49. The summed E-state index contributed by atoms with van der Waals surface area (Å²) in [5.41, 5.74) is 0.774. The predicted molar refractivity (Wildman–Crippen MR) is 73.8 cm³/mol. The summed E-state index contributed by atoms with van der Waals surface area (Å²) in [6.07, 6.45) is 3.41. The van der Waals surface area contributed by atoms with E-state index < -0.39 is 6.04 Å². The number of esters is 1. The first kappa shape index (κ1) is 16.2. The Labute approximate surface area is 118 Å². The van der Waals surface area contributed by atoms with Gasteiger partial charge in [0.2, 0.25) is 5.91 Å². The lowest BCUT2D eigenvalue weighted by Gasteiger charge is -2.16. The molecule has 0 aliphatic carbocycles. The second kappa shape index (κ2) is 7.64. The van der Waals surface area contributed by atoms with Crippen molar-refractivity contribution in [3.8, 4) is 0 Å². The van der Waals surface area contributed by atoms with Crippen LogP contribution in [0.15, 0.2) is 12.4 Å². The number of nitrogens with one attached hydrogen (secondary N) is 2. The van der Waals surface area contributed by atoms with E-state index in [1.165, 1.54) is 0 Å². The van der Waals surface area contributed by atoms with Gasteiger partial charge in [0.05, 0.1) is 18.7 Å². The van der Waals surface area contributed by atoms with Crippen LogP contribution in [0.2, 0.25) is 0 Å². The summed E-state index contributed by atoms with van der Waals surface area (Å²) in [6.45, 7) is 4.06. The van der Waals surface area contributed by atoms with Gasteiger partial charge in [0.25, 0.3) is 0 Å². The Morgan fingerprint density at radius 3 is 2.70 bits per heavy atom. The number of likely N-dealkylation sites (N-methyl/N-ethyl adjacent to an activating group) is 1. The van der Waals surface area contributed by atoms with Crippen LogP contribution >= 0.6 is 0 Å². The maximum absolute atomic E-state index is 12.1. The minimum absolute atomic E-state index is 0.198. The van der Waals surface area contributed by atoms with E-state index in [1.807, 2.05) is 0 Å². The van der Waals surface area contributed by atoms with Crippen LogP contribution in [-0.2, 0) is 21.4 Å². The first-order chi connectivity index (χ1) is 9.49. The summed E-state index contributed by atoms with van der Waals surface area (Å²) in [5, 5.41) is 9.71. The molecule has 0 aromatic carbocycles. The Balaban J connectivity index is 2.54. The normalized spacial score (nSPS) is 13.6. The lowest BCUT2D eigenvalue weighted by Crippen LogP contribution is -2.39. The molecule has 2 atom stereocenters. The van der Waals surface area contributed by atoms with Crippen molar-refractivity contribution in [1.82, 2.24) is 20.4 Å². The van der Waals surface area contributed by atoms with Gasteiger partial charge in [-0.15, -0.1) is 0 Å². The molecule has 0 aliphatic heterocycles. The summed E-state index contributed by atoms with van der Waals surface area (Å²) in [4.78, 5) is 23.6. The number of hydrogen-bond donors (Lipinski definition) is 2. The molecule has 20 heavy (non-hydrogen) atoms. The third-order valence-corrected chi connectivity index (χ3v) is 2.88. The van der Waals surface area contributed by atoms with Crippen molar-refractivity contribution in [3.05, 3.63) is 18.0 Å². The number of hydrogen-bond acceptors (Lipinski definition) is 5. The fourth-order valence-corrected chi connectivity index (χ4v) is 1.76. The largest absolute Gasteiger partial charge is 0.466 e. The molecule has 0 saturated heterocycles. The zero-order valence-electron chi connectivity index (χ0n) is 12.3. The van der Waals surface area contributed by atoms with E-state index in [1.54, 1.807) is 45.0 Å². The van der Waals surface area contributed by atoms with Gasteiger partial charge in [-0.2, -0.15) is 5.10 Å². The van der Waals surface area contributed by atoms with Crippen molar-refractivity contribution in [2.45, 2.75) is 19.9 Å². The second-order valence-electron chi connectivity index (χ2n) is 4.57. The van der Waals surface area contributed by atoms with Gasteiger partial charge in [-0.25, -0.2) is 0 Å². The Morgan fingerprint density at radius 2 is 2.20 bits per heavy atom. The third-order valence-electron chi connectivity index (χ3n) is 2.88. The number of ether oxygens (including phenoxy) is 1. The molecule has 0 bridgehead atoms. The predicted octanol–water partition coefficient (Wildman–Crippen LogP) is -0.00400. The Morgan fingerprint density at radius 1 is 1.50 bits per heavy atom. The maximum Gasteiger partial charge on any atom is 0.310 e. The van der Waals surface area contributed by atoms with E-state index in [4.69, 9.17) is 4.74 Å². The quantitative estimate of drug-likeness (QED) is 0.687. The average molecular weight is 282 g/mol. The SMILES string of the molecule is CCOC(=O)C(C)CNC(=O)C(NC)c1cnn(C)c1. The fourth-order valence-electron chi connectivity index (χ4n) is 1.76. The van der Waals surface area contributed by atoms with Crippen molar-refractivity contribution < 1.29 is 14.3 Å². The van der Waals surface area contributed by atoms with Crippen LogP contribution < -0.4 is 10.6 Å². The Kier molecular flexibility index (Phi) is 6.17. The highest BCUT2D eigenvalue weighted by Gasteiger charge is 2.22. The molecule has 0 spiro atoms. The molecule has 7 nitrogen and oxygen atoms in total. The summed E-state index contributed by atoms with van der Waals surface area (Å²) < 4.78 is 6.52. The standard InChI is InChI=1S/C13H22N4O3/c1-5-20-13(19)9(2)6-15-12(18)11(14-3)10-7-16-17(4)8-10/h7-9,11,14H,5-6H2,1-4H3,(H,15,18). The smallest absolute Gasteiger partial charge is 0.310 e. The number of aromatic nitrogens is 2. The summed E-state index contributed by atoms with van der Waals surface area (Å²) in [5.74, 6) is -0.878. The molecule has 1 amide bonds. The molecule has 1 rings (SSSR count). The third kappa shape index (κ3) is 4.34. The summed E-state index contributed by atoms with van der Waals surface area (Å²) >= 11 is 0. The van der Waals surface area contributed by atoms with Gasteiger partial charge >= 0.3 is 5.97 Å². The Hall–Kier alpha value is -1.89. The molecule has 7 heteroatoms. The van der Waals surface area contributed by atoms with Gasteiger partial charge in [0.15, 0.2) is 0 Å². The first-order valence-corrected chi connectivity index (χ1v) is 6.59. The molecule has 2 unspecified atom stereocenters. The first-order valence-electron chi connectivity index (χ1n) is 6.59. The van der Waals surface area contributed by atoms with Crippen molar-refractivity contribution in [2.75, 3.05) is 20.2 Å². The molecule has 0 saturated carbocycles. The molecule has 1 aromatic rings. The van der Waals surface area contributed by atoms with Gasteiger partial charge < -0.3 is 15.4 Å². The highest BCUT2D eigenvalue weighted by Crippen LogP contribution is 2.11. The number of nitrogens with zero attached hydrogens (tertiary/aromatic N) is 2. The van der Waals surface area contributed by atoms with E-state index in [0.29, 0.717) is 6.61 Å². The highest BCUT2D eigenvalue weighted by molar-refractivity contribution is 5.83. The highest BCUT2D eigenvalue weighted by atomic mass is 16.5. The van der Waals surface area contributed by atoms with Crippen molar-refractivity contribution in [2.24, 2.45) is 13.0 Å². The second-order valence-corrected chi connectivity index (χ2v) is 4.57. The van der Waals surface area contributed by atoms with Gasteiger partial charge in [-0.05, 0) is 14.0 Å². The summed E-state index contributed by atoms with van der Waals surface area (Å²) in [6, 6.07) is -0.488. The maximum atomic E-state index is 12.1. The number of carbonyl (C=O) groups is 2. The monoisotopic (exact) mass is 282 g/mol. The zero-order chi connectivity index (χ0) is 15.1. The van der Waals surface area contributed by atoms with Crippen LogP contribution in [0, 0.1) is 5.92 Å². The lowest BCUT2D eigenvalue weighted by atomic mass is 10.1. The molecule has 0 fully saturated rings. The molecule has 0 aliphatic rings. The molecule has 1 aromatic heterocycles. The molecule has 2 N–H and O–H groups in total. The Bertz CT molecular complexity index is 458. The minimum Gasteiger partial charge on any atom is -0.466 e. The number of aryl methyl sites for hydroxylation is 1. The van der Waals surface area contributed by atoms with Crippen LogP contribution in [0.1, 0.15) is 25.5 Å². The van der Waals surface area contributed by atoms with E-state index in [9.17, 15) is 9.59 Å². The van der Waals surface area contributed by atoms with Crippen LogP contribution in [0.25, 0.3) is 0 Å². The number of amides is 1. The van der Waals surface area contributed by atoms with Crippen LogP contribution in [0.4, 0.5) is 0 Å². The molecular formula is C13H22N4O3.